The zero-order valence-corrected chi connectivity index (χ0v) is 17.0. The van der Waals surface area contributed by atoms with Crippen LogP contribution in [0.2, 0.25) is 0 Å². The van der Waals surface area contributed by atoms with E-state index in [0.717, 1.165) is 70.6 Å². The summed E-state index contributed by atoms with van der Waals surface area (Å²) in [4.78, 5) is 11.0. The van der Waals surface area contributed by atoms with Crippen LogP contribution in [0.25, 0.3) is 0 Å². The van der Waals surface area contributed by atoms with Gasteiger partial charge in [-0.15, -0.1) is 0 Å². The summed E-state index contributed by atoms with van der Waals surface area (Å²) in [5, 5.41) is 29.5. The molecule has 3 N–H and O–H groups in total. The minimum absolute atomic E-state index is 0.179. The molecule has 4 nitrogen and oxygen atoms in total. The highest BCUT2D eigenvalue weighted by atomic mass is 16.4. The Balaban J connectivity index is 2.23. The molecule has 1 rings (SSSR count). The normalized spacial score (nSPS) is 25.3. The van der Waals surface area contributed by atoms with Gasteiger partial charge in [-0.1, -0.05) is 52.4 Å². The number of hydrogen-bond acceptors (Lipinski definition) is 3. The Bertz CT molecular complexity index is 371. The molecule has 26 heavy (non-hydrogen) atoms. The van der Waals surface area contributed by atoms with E-state index in [1.54, 1.807) is 0 Å². The number of hydrogen-bond donors (Lipinski definition) is 3. The molecule has 0 aromatic carbocycles. The molecule has 0 heterocycles. The second-order valence-corrected chi connectivity index (χ2v) is 8.38. The van der Waals surface area contributed by atoms with E-state index in [1.807, 2.05) is 6.92 Å². The van der Waals surface area contributed by atoms with Crippen molar-refractivity contribution in [2.45, 2.75) is 116 Å². The molecule has 1 aliphatic rings. The molecule has 154 valence electrons. The van der Waals surface area contributed by atoms with Gasteiger partial charge in [0.1, 0.15) is 0 Å². The van der Waals surface area contributed by atoms with Crippen LogP contribution < -0.4 is 0 Å². The molecule has 0 amide bonds. The largest absolute Gasteiger partial charge is 0.481 e. The Kier molecular flexibility index (Phi) is 12.2. The van der Waals surface area contributed by atoms with Gasteiger partial charge in [0.15, 0.2) is 0 Å². The molecular weight excluding hydrogens is 328 g/mol. The Morgan fingerprint density at radius 1 is 0.962 bits per heavy atom. The van der Waals surface area contributed by atoms with Gasteiger partial charge >= 0.3 is 5.97 Å². The lowest BCUT2D eigenvalue weighted by atomic mass is 9.85. The van der Waals surface area contributed by atoms with Crippen LogP contribution in [-0.2, 0) is 4.79 Å². The summed E-state index contributed by atoms with van der Waals surface area (Å²) in [5.41, 5.74) is 0. The van der Waals surface area contributed by atoms with Crippen LogP contribution in [-0.4, -0.2) is 33.5 Å². The third kappa shape index (κ3) is 8.85. The number of unbranched alkanes of at least 4 members (excludes halogenated alkanes) is 4. The average molecular weight is 371 g/mol. The monoisotopic (exact) mass is 370 g/mol. The number of carboxylic acids is 1. The van der Waals surface area contributed by atoms with Crippen molar-refractivity contribution in [2.75, 3.05) is 0 Å². The summed E-state index contributed by atoms with van der Waals surface area (Å²) < 4.78 is 0. The number of carboxylic acid groups (broad SMARTS) is 1. The molecule has 0 aromatic heterocycles. The van der Waals surface area contributed by atoms with Gasteiger partial charge < -0.3 is 15.3 Å². The molecule has 4 heteroatoms. The minimum atomic E-state index is -0.670. The Morgan fingerprint density at radius 2 is 1.69 bits per heavy atom. The fraction of sp³-hybridized carbons (Fsp3) is 0.955. The molecule has 1 fully saturated rings. The topological polar surface area (TPSA) is 77.8 Å². The van der Waals surface area contributed by atoms with Gasteiger partial charge in [-0.25, -0.2) is 0 Å². The van der Waals surface area contributed by atoms with Crippen molar-refractivity contribution in [3.05, 3.63) is 0 Å². The van der Waals surface area contributed by atoms with E-state index in [2.05, 4.69) is 6.92 Å². The van der Waals surface area contributed by atoms with E-state index >= 15 is 0 Å². The number of aliphatic hydroxyl groups is 2. The molecule has 0 saturated heterocycles. The van der Waals surface area contributed by atoms with E-state index in [-0.39, 0.29) is 18.1 Å². The molecule has 0 bridgehead atoms. The van der Waals surface area contributed by atoms with Gasteiger partial charge in [-0.3, -0.25) is 4.79 Å². The maximum absolute atomic E-state index is 11.0. The van der Waals surface area contributed by atoms with Crippen molar-refractivity contribution in [3.63, 3.8) is 0 Å². The van der Waals surface area contributed by atoms with Gasteiger partial charge in [0.25, 0.3) is 0 Å². The van der Waals surface area contributed by atoms with Crippen LogP contribution in [0, 0.1) is 17.8 Å². The summed E-state index contributed by atoms with van der Waals surface area (Å²) in [6.45, 7) is 4.12. The molecular formula is C22H42O4. The first kappa shape index (κ1) is 23.4. The lowest BCUT2D eigenvalue weighted by Gasteiger charge is -2.23. The zero-order valence-electron chi connectivity index (χ0n) is 17.0. The van der Waals surface area contributed by atoms with Gasteiger partial charge in [0, 0.05) is 0 Å². The Hall–Kier alpha value is -0.610. The average Bonchev–Trinajstić information content (AvgIpc) is 2.96. The highest BCUT2D eigenvalue weighted by molar-refractivity contribution is 5.69. The first-order valence-electron chi connectivity index (χ1n) is 11.1. The highest BCUT2D eigenvalue weighted by Crippen LogP contribution is 2.39. The van der Waals surface area contributed by atoms with Crippen molar-refractivity contribution in [3.8, 4) is 0 Å². The molecule has 5 atom stereocenters. The van der Waals surface area contributed by atoms with Crippen molar-refractivity contribution < 1.29 is 20.1 Å². The predicted octanol–water partition coefficient (Wildman–Crippen LogP) is 5.16. The number of carbonyl (C=O) groups is 1. The first-order chi connectivity index (χ1) is 12.5. The van der Waals surface area contributed by atoms with Gasteiger partial charge in [-0.05, 0) is 63.2 Å². The number of aliphatic carboxylic acids is 1. The maximum Gasteiger partial charge on any atom is 0.306 e. The standard InChI is InChI=1S/C22H42O4/c1-3-5-7-11-19(23)15-13-18-14-16-21(24)20(18)12-9-6-8-10-17(4-2)22(25)26/h17-21,23-24H,3-16H2,1-2H3,(H,25,26)/t17?,18-,19?,20+,21-/m0/s1. The molecule has 0 radical (unpaired) electrons. The van der Waals surface area contributed by atoms with Crippen molar-refractivity contribution in [1.29, 1.82) is 0 Å². The lowest BCUT2D eigenvalue weighted by molar-refractivity contribution is -0.142. The van der Waals surface area contributed by atoms with Gasteiger partial charge in [-0.2, -0.15) is 0 Å². The van der Waals surface area contributed by atoms with E-state index in [1.165, 1.54) is 12.8 Å². The van der Waals surface area contributed by atoms with Crippen LogP contribution >= 0.6 is 0 Å². The van der Waals surface area contributed by atoms with Crippen molar-refractivity contribution in [1.82, 2.24) is 0 Å². The van der Waals surface area contributed by atoms with Crippen molar-refractivity contribution >= 4 is 5.97 Å². The van der Waals surface area contributed by atoms with E-state index in [9.17, 15) is 15.0 Å². The lowest BCUT2D eigenvalue weighted by Crippen LogP contribution is -2.20. The smallest absolute Gasteiger partial charge is 0.306 e. The summed E-state index contributed by atoms with van der Waals surface area (Å²) in [7, 11) is 0. The number of rotatable bonds is 15. The van der Waals surface area contributed by atoms with Gasteiger partial charge in [0.2, 0.25) is 0 Å². The third-order valence-corrected chi connectivity index (χ3v) is 6.38. The van der Waals surface area contributed by atoms with Gasteiger partial charge in [0.05, 0.1) is 18.1 Å². The summed E-state index contributed by atoms with van der Waals surface area (Å²) in [5.74, 6) is 0.0535. The van der Waals surface area contributed by atoms with Crippen LogP contribution in [0.5, 0.6) is 0 Å². The van der Waals surface area contributed by atoms with Crippen molar-refractivity contribution in [2.24, 2.45) is 17.8 Å². The van der Waals surface area contributed by atoms with Crippen LogP contribution in [0.15, 0.2) is 0 Å². The van der Waals surface area contributed by atoms with E-state index in [0.29, 0.717) is 18.3 Å². The minimum Gasteiger partial charge on any atom is -0.481 e. The fourth-order valence-electron chi connectivity index (χ4n) is 4.54. The predicted molar refractivity (Wildman–Crippen MR) is 106 cm³/mol. The Morgan fingerprint density at radius 3 is 2.35 bits per heavy atom. The van der Waals surface area contributed by atoms with Crippen LogP contribution in [0.4, 0.5) is 0 Å². The molecule has 0 spiro atoms. The van der Waals surface area contributed by atoms with E-state index < -0.39 is 5.97 Å². The summed E-state index contributed by atoms with van der Waals surface area (Å²) in [6.07, 6.45) is 13.6. The molecule has 2 unspecified atom stereocenters. The SMILES string of the molecule is CCCCCC(O)CC[C@H]1CC[C@H](O)[C@@H]1CCCCCC(CC)C(=O)O. The van der Waals surface area contributed by atoms with Crippen LogP contribution in [0.1, 0.15) is 104 Å². The molecule has 0 aliphatic heterocycles. The zero-order chi connectivity index (χ0) is 19.4. The van der Waals surface area contributed by atoms with E-state index in [4.69, 9.17) is 5.11 Å². The molecule has 1 aliphatic carbocycles. The van der Waals surface area contributed by atoms with Crippen LogP contribution in [0.3, 0.4) is 0 Å². The fourth-order valence-corrected chi connectivity index (χ4v) is 4.54. The number of aliphatic hydroxyl groups excluding tert-OH is 2. The summed E-state index contributed by atoms with van der Waals surface area (Å²) >= 11 is 0. The Labute approximate surface area is 160 Å². The second kappa shape index (κ2) is 13.5. The first-order valence-corrected chi connectivity index (χ1v) is 11.1. The molecule has 1 saturated carbocycles. The molecule has 0 aromatic rings. The quantitative estimate of drug-likeness (QED) is 0.348. The highest BCUT2D eigenvalue weighted by Gasteiger charge is 2.34. The second-order valence-electron chi connectivity index (χ2n) is 8.38. The third-order valence-electron chi connectivity index (χ3n) is 6.38. The summed E-state index contributed by atoms with van der Waals surface area (Å²) in [6, 6.07) is 0. The maximum atomic E-state index is 11.0.